The summed E-state index contributed by atoms with van der Waals surface area (Å²) in [6.07, 6.45) is 1.59. The first kappa shape index (κ1) is 8.77. The van der Waals surface area contributed by atoms with Gasteiger partial charge in [0.1, 0.15) is 5.82 Å². The number of nitrogens with zero attached hydrogens (tertiary/aromatic N) is 6. The first-order valence-electron chi connectivity index (χ1n) is 4.61. The fraction of sp³-hybridized carbons (Fsp3) is 0.125. The Kier molecular flexibility index (Phi) is 1.96. The van der Waals surface area contributed by atoms with Gasteiger partial charge in [0.25, 0.3) is 0 Å². The van der Waals surface area contributed by atoms with Gasteiger partial charge < -0.3 is 9.84 Å². The summed E-state index contributed by atoms with van der Waals surface area (Å²) in [4.78, 5) is 0. The first-order valence-corrected chi connectivity index (χ1v) is 4.61. The molecule has 3 rings (SSSR count). The Morgan fingerprint density at radius 3 is 3.19 bits per heavy atom. The van der Waals surface area contributed by atoms with Gasteiger partial charge in [0, 0.05) is 6.07 Å². The Labute approximate surface area is 89.2 Å². The molecular formula is C8H7N7O. The lowest BCUT2D eigenvalue weighted by Gasteiger charge is -2.01. The van der Waals surface area contributed by atoms with Gasteiger partial charge >= 0.3 is 0 Å². The van der Waals surface area contributed by atoms with Gasteiger partial charge in [0.15, 0.2) is 11.4 Å². The lowest BCUT2D eigenvalue weighted by molar-refractivity contribution is 0.388. The molecule has 3 aromatic rings. The van der Waals surface area contributed by atoms with E-state index in [1.54, 1.807) is 24.4 Å². The molecule has 16 heavy (non-hydrogen) atoms. The molecule has 0 atom stereocenters. The molecule has 0 spiro atoms. The molecule has 3 aromatic heterocycles. The number of nitrogens with one attached hydrogen (secondary N) is 1. The van der Waals surface area contributed by atoms with Crippen molar-refractivity contribution in [2.24, 2.45) is 0 Å². The van der Waals surface area contributed by atoms with Crippen LogP contribution in [-0.4, -0.2) is 30.4 Å². The van der Waals surface area contributed by atoms with E-state index in [0.29, 0.717) is 18.0 Å². The number of rotatable bonds is 3. The molecule has 0 unspecified atom stereocenters. The average Bonchev–Trinajstić information content (AvgIpc) is 2.97. The van der Waals surface area contributed by atoms with Crippen LogP contribution in [0.25, 0.3) is 5.65 Å². The average molecular weight is 217 g/mol. The van der Waals surface area contributed by atoms with E-state index in [9.17, 15) is 0 Å². The van der Waals surface area contributed by atoms with Gasteiger partial charge in [-0.2, -0.15) is 0 Å². The van der Waals surface area contributed by atoms with E-state index in [1.807, 2.05) is 0 Å². The van der Waals surface area contributed by atoms with Gasteiger partial charge in [-0.15, -0.1) is 14.8 Å². The van der Waals surface area contributed by atoms with Crippen molar-refractivity contribution in [3.63, 3.8) is 0 Å². The summed E-state index contributed by atoms with van der Waals surface area (Å²) >= 11 is 0. The lowest BCUT2D eigenvalue weighted by atomic mass is 10.4. The number of aromatic nitrogens is 6. The van der Waals surface area contributed by atoms with E-state index >= 15 is 0 Å². The topological polar surface area (TPSA) is 94.0 Å². The van der Waals surface area contributed by atoms with E-state index < -0.39 is 0 Å². The zero-order chi connectivity index (χ0) is 10.8. The van der Waals surface area contributed by atoms with Gasteiger partial charge in [-0.3, -0.25) is 0 Å². The van der Waals surface area contributed by atoms with Crippen molar-refractivity contribution in [3.05, 3.63) is 30.2 Å². The Balaban J connectivity index is 1.78. The highest BCUT2D eigenvalue weighted by molar-refractivity contribution is 5.42. The fourth-order valence-corrected chi connectivity index (χ4v) is 1.25. The molecule has 0 saturated heterocycles. The molecule has 8 heteroatoms. The Hall–Kier alpha value is -2.51. The minimum absolute atomic E-state index is 0.515. The molecule has 0 bridgehead atoms. The number of fused-ring (bicyclic) bond motifs is 1. The molecule has 0 aliphatic carbocycles. The van der Waals surface area contributed by atoms with Crippen LogP contribution in [0.15, 0.2) is 28.9 Å². The second-order valence-corrected chi connectivity index (χ2v) is 3.08. The maximum Gasteiger partial charge on any atom is 0.200 e. The maximum absolute atomic E-state index is 4.94. The summed E-state index contributed by atoms with van der Waals surface area (Å²) in [7, 11) is 0. The molecule has 0 aliphatic heterocycles. The van der Waals surface area contributed by atoms with Gasteiger partial charge in [-0.25, -0.2) is 0 Å². The molecule has 8 nitrogen and oxygen atoms in total. The van der Waals surface area contributed by atoms with Crippen LogP contribution in [0.2, 0.25) is 0 Å². The normalized spacial score (nSPS) is 10.8. The minimum Gasteiger partial charge on any atom is -0.361 e. The number of hydrogen-bond donors (Lipinski definition) is 1. The van der Waals surface area contributed by atoms with Crippen LogP contribution in [0.4, 0.5) is 5.82 Å². The summed E-state index contributed by atoms with van der Waals surface area (Å²) in [5, 5.41) is 21.8. The SMILES string of the molecule is c1cc(CNc2ccc3nnnn3n2)on1. The fourth-order valence-electron chi connectivity index (χ4n) is 1.25. The monoisotopic (exact) mass is 217 g/mol. The van der Waals surface area contributed by atoms with Crippen LogP contribution in [0.5, 0.6) is 0 Å². The summed E-state index contributed by atoms with van der Waals surface area (Å²) in [6, 6.07) is 5.35. The molecule has 3 heterocycles. The Morgan fingerprint density at radius 2 is 2.31 bits per heavy atom. The third kappa shape index (κ3) is 1.56. The maximum atomic E-state index is 4.94. The molecule has 0 saturated carbocycles. The smallest absolute Gasteiger partial charge is 0.200 e. The predicted molar refractivity (Wildman–Crippen MR) is 52.4 cm³/mol. The van der Waals surface area contributed by atoms with E-state index in [-0.39, 0.29) is 0 Å². The van der Waals surface area contributed by atoms with Crippen molar-refractivity contribution < 1.29 is 4.52 Å². The van der Waals surface area contributed by atoms with E-state index in [1.165, 1.54) is 4.63 Å². The van der Waals surface area contributed by atoms with Crippen molar-refractivity contribution >= 4 is 11.5 Å². The predicted octanol–water partition coefficient (Wildman–Crippen LogP) is 0.119. The number of anilines is 1. The van der Waals surface area contributed by atoms with Crippen LogP contribution in [0, 0.1) is 0 Å². The highest BCUT2D eigenvalue weighted by atomic mass is 16.5. The van der Waals surface area contributed by atoms with Crippen LogP contribution in [0.3, 0.4) is 0 Å². The second-order valence-electron chi connectivity index (χ2n) is 3.08. The minimum atomic E-state index is 0.515. The molecule has 1 N–H and O–H groups in total. The standard InChI is InChI=1S/C8H7N7O/c1-2-8-11-13-14-15(8)12-7(1)9-5-6-3-4-10-16-6/h1-4H,5H2,(H,9,12). The Bertz CT molecular complexity index is 587. The second kappa shape index (κ2) is 3.57. The third-order valence-corrected chi connectivity index (χ3v) is 2.00. The zero-order valence-electron chi connectivity index (χ0n) is 8.11. The van der Waals surface area contributed by atoms with Gasteiger partial charge in [0.2, 0.25) is 0 Å². The largest absolute Gasteiger partial charge is 0.361 e. The van der Waals surface area contributed by atoms with Crippen molar-refractivity contribution in [3.8, 4) is 0 Å². The van der Waals surface area contributed by atoms with E-state index in [2.05, 4.69) is 31.1 Å². The zero-order valence-corrected chi connectivity index (χ0v) is 8.11. The molecule has 0 amide bonds. The molecule has 0 radical (unpaired) electrons. The van der Waals surface area contributed by atoms with Crippen molar-refractivity contribution in [2.45, 2.75) is 6.54 Å². The van der Waals surface area contributed by atoms with Crippen LogP contribution < -0.4 is 5.32 Å². The van der Waals surface area contributed by atoms with Crippen molar-refractivity contribution in [2.75, 3.05) is 5.32 Å². The van der Waals surface area contributed by atoms with Crippen LogP contribution in [-0.2, 0) is 6.54 Å². The van der Waals surface area contributed by atoms with E-state index in [0.717, 1.165) is 5.76 Å². The third-order valence-electron chi connectivity index (χ3n) is 2.00. The number of hydrogen-bond acceptors (Lipinski definition) is 7. The summed E-state index contributed by atoms with van der Waals surface area (Å²) in [5.41, 5.74) is 0.602. The van der Waals surface area contributed by atoms with Gasteiger partial charge in [-0.05, 0) is 22.6 Å². The number of tetrazole rings is 1. The molecule has 0 aromatic carbocycles. The van der Waals surface area contributed by atoms with Gasteiger partial charge in [-0.1, -0.05) is 5.16 Å². The molecular weight excluding hydrogens is 210 g/mol. The quantitative estimate of drug-likeness (QED) is 0.665. The highest BCUT2D eigenvalue weighted by Gasteiger charge is 2.01. The molecule has 80 valence electrons. The van der Waals surface area contributed by atoms with Gasteiger partial charge in [0.05, 0.1) is 12.7 Å². The van der Waals surface area contributed by atoms with Crippen molar-refractivity contribution in [1.29, 1.82) is 0 Å². The summed E-state index contributed by atoms with van der Waals surface area (Å²) in [5.74, 6) is 1.40. The first-order chi connectivity index (χ1) is 7.92. The highest BCUT2D eigenvalue weighted by Crippen LogP contribution is 2.05. The van der Waals surface area contributed by atoms with E-state index in [4.69, 9.17) is 4.52 Å². The van der Waals surface area contributed by atoms with Crippen LogP contribution in [0.1, 0.15) is 5.76 Å². The van der Waals surface area contributed by atoms with Crippen LogP contribution >= 0.6 is 0 Å². The Morgan fingerprint density at radius 1 is 1.31 bits per heavy atom. The lowest BCUT2D eigenvalue weighted by Crippen LogP contribution is -2.04. The summed E-state index contributed by atoms with van der Waals surface area (Å²) < 4.78 is 6.29. The van der Waals surface area contributed by atoms with Crippen molar-refractivity contribution in [1.82, 2.24) is 30.4 Å². The molecule has 0 aliphatic rings. The summed E-state index contributed by atoms with van der Waals surface area (Å²) in [6.45, 7) is 0.515. The molecule has 0 fully saturated rings.